The minimum Gasteiger partial charge on any atom is -0.497 e. The van der Waals surface area contributed by atoms with Crippen molar-refractivity contribution in [2.75, 3.05) is 19.0 Å². The molecule has 7 nitrogen and oxygen atoms in total. The Bertz CT molecular complexity index is 917. The first-order valence-corrected chi connectivity index (χ1v) is 8.43. The zero-order valence-corrected chi connectivity index (χ0v) is 15.8. The van der Waals surface area contributed by atoms with Gasteiger partial charge in [0, 0.05) is 5.69 Å². The quantitative estimate of drug-likeness (QED) is 0.514. The van der Waals surface area contributed by atoms with Gasteiger partial charge >= 0.3 is 5.97 Å². The molecule has 0 aliphatic rings. The van der Waals surface area contributed by atoms with Gasteiger partial charge < -0.3 is 19.9 Å². The number of methoxy groups -OCH3 is 1. The van der Waals surface area contributed by atoms with Crippen LogP contribution in [0.25, 0.3) is 6.08 Å². The number of hydrogen-bond donors (Lipinski definition) is 2. The summed E-state index contributed by atoms with van der Waals surface area (Å²) in [6, 6.07) is 13.4. The van der Waals surface area contributed by atoms with Gasteiger partial charge in [-0.15, -0.1) is 0 Å². The van der Waals surface area contributed by atoms with Gasteiger partial charge in [0.25, 0.3) is 5.91 Å². The lowest BCUT2D eigenvalue weighted by Crippen LogP contribution is -2.13. The number of halogens is 1. The third-order valence-corrected chi connectivity index (χ3v) is 3.95. The number of ether oxygens (including phenoxy) is 2. The van der Waals surface area contributed by atoms with E-state index in [1.54, 1.807) is 49.6 Å². The van der Waals surface area contributed by atoms with Crippen molar-refractivity contribution >= 4 is 39.6 Å². The fourth-order valence-electron chi connectivity index (χ4n) is 2.05. The van der Waals surface area contributed by atoms with Crippen LogP contribution in [0.5, 0.6) is 11.5 Å². The van der Waals surface area contributed by atoms with Crippen LogP contribution in [0.4, 0.5) is 5.69 Å². The second-order valence-electron chi connectivity index (χ2n) is 5.22. The van der Waals surface area contributed by atoms with Crippen LogP contribution in [0.1, 0.15) is 5.56 Å². The van der Waals surface area contributed by atoms with Gasteiger partial charge in [-0.05, 0) is 64.0 Å². The molecule has 138 valence electrons. The Kier molecular flexibility index (Phi) is 6.97. The number of carboxylic acid groups (broad SMARTS) is 1. The molecule has 2 aromatic carbocycles. The van der Waals surface area contributed by atoms with Gasteiger partial charge in [-0.1, -0.05) is 6.07 Å². The van der Waals surface area contributed by atoms with Crippen LogP contribution in [-0.4, -0.2) is 30.7 Å². The SMILES string of the molecule is COc1ccc(NC(=O)/C(C#N)=C\c2ccc(OCC(=O)O)c(Br)c2)cc1. The van der Waals surface area contributed by atoms with Crippen LogP contribution >= 0.6 is 15.9 Å². The van der Waals surface area contributed by atoms with Crippen molar-refractivity contribution in [3.05, 3.63) is 58.1 Å². The average molecular weight is 431 g/mol. The number of rotatable bonds is 7. The summed E-state index contributed by atoms with van der Waals surface area (Å²) in [5, 5.41) is 20.6. The molecule has 0 aliphatic heterocycles. The Morgan fingerprint density at radius 2 is 1.96 bits per heavy atom. The molecule has 0 fully saturated rings. The van der Waals surface area contributed by atoms with Gasteiger partial charge in [0.1, 0.15) is 23.1 Å². The molecule has 0 aliphatic carbocycles. The second kappa shape index (κ2) is 9.40. The molecule has 2 rings (SSSR count). The Balaban J connectivity index is 2.14. The molecule has 0 bridgehead atoms. The molecule has 0 unspecified atom stereocenters. The lowest BCUT2D eigenvalue weighted by molar-refractivity contribution is -0.139. The van der Waals surface area contributed by atoms with Crippen molar-refractivity contribution in [2.24, 2.45) is 0 Å². The van der Waals surface area contributed by atoms with Crippen molar-refractivity contribution in [1.29, 1.82) is 5.26 Å². The van der Waals surface area contributed by atoms with Gasteiger partial charge in [0.15, 0.2) is 6.61 Å². The van der Waals surface area contributed by atoms with Crippen LogP contribution in [-0.2, 0) is 9.59 Å². The molecule has 0 radical (unpaired) electrons. The average Bonchev–Trinajstić information content (AvgIpc) is 2.65. The molecule has 2 aromatic rings. The topological polar surface area (TPSA) is 109 Å². The van der Waals surface area contributed by atoms with Gasteiger partial charge in [0.05, 0.1) is 11.6 Å². The van der Waals surface area contributed by atoms with E-state index in [2.05, 4.69) is 21.2 Å². The molecular weight excluding hydrogens is 416 g/mol. The van der Waals surface area contributed by atoms with E-state index >= 15 is 0 Å². The predicted octanol–water partition coefficient (Wildman–Crippen LogP) is 3.47. The van der Waals surface area contributed by atoms with Crippen molar-refractivity contribution in [1.82, 2.24) is 0 Å². The number of carboxylic acids is 1. The summed E-state index contributed by atoms with van der Waals surface area (Å²) < 4.78 is 10.7. The summed E-state index contributed by atoms with van der Waals surface area (Å²) >= 11 is 3.27. The largest absolute Gasteiger partial charge is 0.497 e. The Labute approximate surface area is 164 Å². The van der Waals surface area contributed by atoms with E-state index in [1.165, 1.54) is 6.08 Å². The van der Waals surface area contributed by atoms with Gasteiger partial charge in [0.2, 0.25) is 0 Å². The Morgan fingerprint density at radius 3 is 2.52 bits per heavy atom. The number of benzene rings is 2. The maximum atomic E-state index is 12.3. The van der Waals surface area contributed by atoms with E-state index in [-0.39, 0.29) is 5.57 Å². The number of amides is 1. The summed E-state index contributed by atoms with van der Waals surface area (Å²) in [7, 11) is 1.54. The van der Waals surface area contributed by atoms with E-state index in [1.807, 2.05) is 6.07 Å². The molecule has 0 atom stereocenters. The first kappa shape index (κ1) is 20.0. The highest BCUT2D eigenvalue weighted by Gasteiger charge is 2.11. The van der Waals surface area contributed by atoms with Gasteiger partial charge in [-0.2, -0.15) is 5.26 Å². The number of carbonyl (C=O) groups excluding carboxylic acids is 1. The molecule has 0 aromatic heterocycles. The van der Waals surface area contributed by atoms with E-state index in [9.17, 15) is 14.9 Å². The first-order chi connectivity index (χ1) is 12.9. The van der Waals surface area contributed by atoms with Gasteiger partial charge in [-0.3, -0.25) is 4.79 Å². The van der Waals surface area contributed by atoms with Crippen molar-refractivity contribution in [3.63, 3.8) is 0 Å². The van der Waals surface area contributed by atoms with Crippen LogP contribution in [0.2, 0.25) is 0 Å². The first-order valence-electron chi connectivity index (χ1n) is 7.64. The highest BCUT2D eigenvalue weighted by atomic mass is 79.9. The van der Waals surface area contributed by atoms with Crippen molar-refractivity contribution in [2.45, 2.75) is 0 Å². The monoisotopic (exact) mass is 430 g/mol. The molecule has 0 saturated heterocycles. The minimum atomic E-state index is -1.09. The maximum absolute atomic E-state index is 12.3. The molecule has 0 saturated carbocycles. The number of aliphatic carboxylic acids is 1. The van der Waals surface area contributed by atoms with Crippen LogP contribution in [0.15, 0.2) is 52.5 Å². The highest BCUT2D eigenvalue weighted by Crippen LogP contribution is 2.27. The molecule has 27 heavy (non-hydrogen) atoms. The fourth-order valence-corrected chi connectivity index (χ4v) is 2.56. The van der Waals surface area contributed by atoms with E-state index < -0.39 is 18.5 Å². The molecule has 2 N–H and O–H groups in total. The third-order valence-electron chi connectivity index (χ3n) is 3.33. The summed E-state index contributed by atoms with van der Waals surface area (Å²) in [5.41, 5.74) is 1.02. The lowest BCUT2D eigenvalue weighted by Gasteiger charge is -2.07. The Hall–Kier alpha value is -3.31. The number of nitrogens with zero attached hydrogens (tertiary/aromatic N) is 1. The molecular formula is C19H15BrN2O5. The maximum Gasteiger partial charge on any atom is 0.341 e. The zero-order valence-electron chi connectivity index (χ0n) is 14.2. The number of anilines is 1. The summed E-state index contributed by atoms with van der Waals surface area (Å²) in [5.74, 6) is -0.646. The van der Waals surface area contributed by atoms with Crippen LogP contribution in [0.3, 0.4) is 0 Å². The standard InChI is InChI=1S/C19H15BrN2O5/c1-26-15-5-3-14(4-6-15)22-19(25)13(10-21)8-12-2-7-17(16(20)9-12)27-11-18(23)24/h2-9H,11H2,1H3,(H,22,25)(H,23,24)/b13-8-. The van der Waals surface area contributed by atoms with E-state index in [0.29, 0.717) is 27.2 Å². The molecule has 8 heteroatoms. The van der Waals surface area contributed by atoms with E-state index in [4.69, 9.17) is 14.6 Å². The number of nitriles is 1. The number of nitrogens with one attached hydrogen (secondary N) is 1. The molecule has 0 heterocycles. The minimum absolute atomic E-state index is 0.0862. The summed E-state index contributed by atoms with van der Waals surface area (Å²) in [6.45, 7) is -0.471. The van der Waals surface area contributed by atoms with Gasteiger partial charge in [-0.25, -0.2) is 4.79 Å². The molecule has 0 spiro atoms. The van der Waals surface area contributed by atoms with Crippen LogP contribution < -0.4 is 14.8 Å². The zero-order chi connectivity index (χ0) is 19.8. The Morgan fingerprint density at radius 1 is 1.26 bits per heavy atom. The van der Waals surface area contributed by atoms with E-state index in [0.717, 1.165) is 0 Å². The van der Waals surface area contributed by atoms with Crippen LogP contribution in [0, 0.1) is 11.3 Å². The normalized spacial score (nSPS) is 10.6. The highest BCUT2D eigenvalue weighted by molar-refractivity contribution is 9.10. The number of hydrogen-bond acceptors (Lipinski definition) is 5. The van der Waals surface area contributed by atoms with Crippen molar-refractivity contribution in [3.8, 4) is 17.6 Å². The summed E-state index contributed by atoms with van der Waals surface area (Å²) in [6.07, 6.45) is 1.42. The fraction of sp³-hybridized carbons (Fsp3) is 0.105. The lowest BCUT2D eigenvalue weighted by atomic mass is 10.1. The third kappa shape index (κ3) is 5.87. The second-order valence-corrected chi connectivity index (χ2v) is 6.08. The smallest absolute Gasteiger partial charge is 0.341 e. The summed E-state index contributed by atoms with van der Waals surface area (Å²) in [4.78, 5) is 22.9. The number of carbonyl (C=O) groups is 2. The predicted molar refractivity (Wildman–Crippen MR) is 102 cm³/mol. The molecule has 1 amide bonds. The van der Waals surface area contributed by atoms with Crippen molar-refractivity contribution < 1.29 is 24.2 Å².